The van der Waals surface area contributed by atoms with E-state index < -0.39 is 0 Å². The first-order valence-corrected chi connectivity index (χ1v) is 15.0. The van der Waals surface area contributed by atoms with Gasteiger partial charge < -0.3 is 30.7 Å². The Morgan fingerprint density at radius 2 is 1.56 bits per heavy atom. The first-order valence-electron chi connectivity index (χ1n) is 15.0. The van der Waals surface area contributed by atoms with Crippen LogP contribution in [0.25, 0.3) is 11.1 Å². The van der Waals surface area contributed by atoms with Gasteiger partial charge in [0.1, 0.15) is 0 Å². The van der Waals surface area contributed by atoms with E-state index in [4.69, 9.17) is 20.9 Å². The lowest BCUT2D eigenvalue weighted by Gasteiger charge is -2.36. The molecule has 0 bridgehead atoms. The van der Waals surface area contributed by atoms with E-state index in [2.05, 4.69) is 47.4 Å². The van der Waals surface area contributed by atoms with Crippen molar-refractivity contribution >= 4 is 17.3 Å². The molecule has 1 heterocycles. The molecule has 41 heavy (non-hydrogen) atoms. The minimum absolute atomic E-state index is 0.0112. The van der Waals surface area contributed by atoms with Gasteiger partial charge in [-0.25, -0.2) is 0 Å². The topological polar surface area (TPSA) is 94.0 Å². The van der Waals surface area contributed by atoms with Gasteiger partial charge in [-0.2, -0.15) is 0 Å². The number of hydrogen-bond acceptors (Lipinski definition) is 6. The molecule has 0 spiro atoms. The Hall–Kier alpha value is -3.71. The molecule has 7 heteroatoms. The third-order valence-corrected chi connectivity index (χ3v) is 8.66. The van der Waals surface area contributed by atoms with E-state index in [9.17, 15) is 4.79 Å². The maximum atomic E-state index is 14.0. The first kappa shape index (κ1) is 28.8. The highest BCUT2D eigenvalue weighted by Crippen LogP contribution is 2.33. The Labute approximate surface area is 244 Å². The summed E-state index contributed by atoms with van der Waals surface area (Å²) < 4.78 is 10.9. The summed E-state index contributed by atoms with van der Waals surface area (Å²) in [6.07, 6.45) is 8.65. The number of carbonyl (C=O) groups is 1. The fraction of sp³-hybridized carbons (Fsp3) is 0.441. The monoisotopic (exact) mass is 556 g/mol. The van der Waals surface area contributed by atoms with Crippen molar-refractivity contribution in [2.75, 3.05) is 37.9 Å². The molecular weight excluding hydrogens is 512 g/mol. The van der Waals surface area contributed by atoms with Crippen molar-refractivity contribution in [2.24, 2.45) is 5.73 Å². The minimum atomic E-state index is -0.0112. The fourth-order valence-electron chi connectivity index (χ4n) is 6.29. The molecule has 2 fully saturated rings. The third kappa shape index (κ3) is 6.79. The van der Waals surface area contributed by atoms with Crippen LogP contribution < -0.4 is 25.8 Å². The van der Waals surface area contributed by atoms with Crippen molar-refractivity contribution in [1.29, 1.82) is 0 Å². The van der Waals surface area contributed by atoms with Gasteiger partial charge in [-0.15, -0.1) is 0 Å². The van der Waals surface area contributed by atoms with Crippen molar-refractivity contribution in [2.45, 2.75) is 70.0 Å². The quantitative estimate of drug-likeness (QED) is 0.319. The number of rotatable bonds is 8. The standard InChI is InChI=1S/C34H44N4O3/c1-40-32-17-11-27(22-33(32)41-2)34(39)38(29-14-12-28(35)13-15-29)23-24-8-7-9-25(20-24)26-10-16-31(30(36)21-26)37-18-5-3-4-6-19-37/h7-11,16-17,20-22,28-29H,3-6,12-15,18-19,23,35-36H2,1-2H3. The summed E-state index contributed by atoms with van der Waals surface area (Å²) in [6.45, 7) is 2.65. The largest absolute Gasteiger partial charge is 0.493 e. The number of nitrogens with zero attached hydrogens (tertiary/aromatic N) is 2. The molecule has 1 amide bonds. The lowest BCUT2D eigenvalue weighted by atomic mass is 9.90. The fourth-order valence-corrected chi connectivity index (χ4v) is 6.29. The SMILES string of the molecule is COc1ccc(C(=O)N(Cc2cccc(-c3ccc(N4CCCCCC4)c(N)c3)c2)C2CCC(N)CC2)cc1OC. The van der Waals surface area contributed by atoms with Crippen molar-refractivity contribution in [3.8, 4) is 22.6 Å². The summed E-state index contributed by atoms with van der Waals surface area (Å²) in [5.41, 5.74) is 18.6. The molecule has 218 valence electrons. The van der Waals surface area contributed by atoms with Crippen molar-refractivity contribution in [3.63, 3.8) is 0 Å². The summed E-state index contributed by atoms with van der Waals surface area (Å²) in [7, 11) is 3.19. The van der Waals surface area contributed by atoms with Gasteiger partial charge in [0.25, 0.3) is 5.91 Å². The maximum absolute atomic E-state index is 14.0. The number of methoxy groups -OCH3 is 2. The van der Waals surface area contributed by atoms with Crippen molar-refractivity contribution in [1.82, 2.24) is 4.90 Å². The van der Waals surface area contributed by atoms with Crippen LogP contribution in [0.1, 0.15) is 67.3 Å². The number of amides is 1. The molecule has 1 aliphatic heterocycles. The van der Waals surface area contributed by atoms with E-state index in [0.29, 0.717) is 23.6 Å². The van der Waals surface area contributed by atoms with Crippen LogP contribution in [-0.2, 0) is 6.54 Å². The number of ether oxygens (including phenoxy) is 2. The van der Waals surface area contributed by atoms with Crippen LogP contribution in [-0.4, -0.2) is 50.2 Å². The second-order valence-corrected chi connectivity index (χ2v) is 11.4. The molecule has 1 aliphatic carbocycles. The highest BCUT2D eigenvalue weighted by Gasteiger charge is 2.29. The Balaban J connectivity index is 1.40. The average Bonchev–Trinajstić information content (AvgIpc) is 3.29. The zero-order chi connectivity index (χ0) is 28.8. The Morgan fingerprint density at radius 3 is 2.24 bits per heavy atom. The molecule has 3 aromatic carbocycles. The van der Waals surface area contributed by atoms with Gasteiger partial charge in [0.2, 0.25) is 0 Å². The number of carbonyl (C=O) groups excluding carboxylic acids is 1. The summed E-state index contributed by atoms with van der Waals surface area (Å²) in [5, 5.41) is 0. The van der Waals surface area contributed by atoms with E-state index in [0.717, 1.165) is 66.8 Å². The maximum Gasteiger partial charge on any atom is 0.254 e. The lowest BCUT2D eigenvalue weighted by molar-refractivity contribution is 0.0606. The third-order valence-electron chi connectivity index (χ3n) is 8.66. The van der Waals surface area contributed by atoms with Crippen LogP contribution in [0.5, 0.6) is 11.5 Å². The van der Waals surface area contributed by atoms with Gasteiger partial charge in [-0.1, -0.05) is 37.1 Å². The molecule has 2 aliphatic rings. The second kappa shape index (κ2) is 13.3. The van der Waals surface area contributed by atoms with E-state index in [-0.39, 0.29) is 18.0 Å². The van der Waals surface area contributed by atoms with Crippen LogP contribution in [0.3, 0.4) is 0 Å². The predicted molar refractivity (Wildman–Crippen MR) is 167 cm³/mol. The highest BCUT2D eigenvalue weighted by molar-refractivity contribution is 5.95. The molecule has 0 radical (unpaired) electrons. The molecule has 1 saturated carbocycles. The number of nitrogens with two attached hydrogens (primary N) is 2. The van der Waals surface area contributed by atoms with Crippen molar-refractivity contribution in [3.05, 3.63) is 71.8 Å². The smallest absolute Gasteiger partial charge is 0.254 e. The normalized spacial score (nSPS) is 19.3. The summed E-state index contributed by atoms with van der Waals surface area (Å²) in [6, 6.07) is 20.6. The van der Waals surface area contributed by atoms with Gasteiger partial charge in [0.15, 0.2) is 11.5 Å². The Kier molecular flexibility index (Phi) is 9.35. The van der Waals surface area contributed by atoms with Gasteiger partial charge in [-0.3, -0.25) is 4.79 Å². The van der Waals surface area contributed by atoms with E-state index in [1.54, 1.807) is 26.4 Å². The molecule has 0 unspecified atom stereocenters. The van der Waals surface area contributed by atoms with Gasteiger partial charge in [0.05, 0.1) is 25.6 Å². The van der Waals surface area contributed by atoms with E-state index >= 15 is 0 Å². The molecule has 7 nitrogen and oxygen atoms in total. The van der Waals surface area contributed by atoms with Gasteiger partial charge >= 0.3 is 0 Å². The zero-order valence-electron chi connectivity index (χ0n) is 24.5. The first-order chi connectivity index (χ1) is 20.0. The number of benzene rings is 3. The zero-order valence-corrected chi connectivity index (χ0v) is 24.5. The molecular formula is C34H44N4O3. The van der Waals surface area contributed by atoms with Crippen LogP contribution in [0.2, 0.25) is 0 Å². The van der Waals surface area contributed by atoms with Crippen LogP contribution in [0.15, 0.2) is 60.7 Å². The summed E-state index contributed by atoms with van der Waals surface area (Å²) >= 11 is 0. The minimum Gasteiger partial charge on any atom is -0.493 e. The highest BCUT2D eigenvalue weighted by atomic mass is 16.5. The van der Waals surface area contributed by atoms with Gasteiger partial charge in [-0.05, 0) is 91.6 Å². The predicted octanol–water partition coefficient (Wildman–Crippen LogP) is 6.25. The molecule has 4 N–H and O–H groups in total. The van der Waals surface area contributed by atoms with Crippen LogP contribution in [0, 0.1) is 0 Å². The molecule has 3 aromatic rings. The summed E-state index contributed by atoms with van der Waals surface area (Å²) in [4.78, 5) is 18.4. The Morgan fingerprint density at radius 1 is 0.854 bits per heavy atom. The van der Waals surface area contributed by atoms with Crippen LogP contribution in [0.4, 0.5) is 11.4 Å². The van der Waals surface area contributed by atoms with Crippen LogP contribution >= 0.6 is 0 Å². The van der Waals surface area contributed by atoms with E-state index in [1.807, 2.05) is 11.0 Å². The van der Waals surface area contributed by atoms with Gasteiger partial charge in [0, 0.05) is 37.3 Å². The molecule has 0 atom stereocenters. The Bertz CT molecular complexity index is 1330. The number of nitrogen functional groups attached to an aromatic ring is 1. The molecule has 5 rings (SSSR count). The molecule has 0 aromatic heterocycles. The molecule has 1 saturated heterocycles. The number of hydrogen-bond donors (Lipinski definition) is 2. The second-order valence-electron chi connectivity index (χ2n) is 11.4. The van der Waals surface area contributed by atoms with E-state index in [1.165, 1.54) is 25.7 Å². The lowest BCUT2D eigenvalue weighted by Crippen LogP contribution is -2.43. The summed E-state index contributed by atoms with van der Waals surface area (Å²) in [5.74, 6) is 1.14. The van der Waals surface area contributed by atoms with Crippen molar-refractivity contribution < 1.29 is 14.3 Å². The number of anilines is 2. The average molecular weight is 557 g/mol.